The summed E-state index contributed by atoms with van der Waals surface area (Å²) in [6.07, 6.45) is 1.73. The molecule has 0 aliphatic heterocycles. The Morgan fingerprint density at radius 3 is 2.73 bits per heavy atom. The number of nitrogens with zero attached hydrogens (tertiary/aromatic N) is 2. The number of aryl methyl sites for hydroxylation is 2. The topological polar surface area (TPSA) is 34.9 Å². The van der Waals surface area contributed by atoms with Crippen LogP contribution in [0.3, 0.4) is 0 Å². The summed E-state index contributed by atoms with van der Waals surface area (Å²) in [5.74, 6) is -0.0162. The molecule has 78 valence electrons. The third kappa shape index (κ3) is 1.96. The first-order valence-corrected chi connectivity index (χ1v) is 5.57. The maximum atomic E-state index is 12.0. The van der Waals surface area contributed by atoms with E-state index in [0.29, 0.717) is 14.8 Å². The van der Waals surface area contributed by atoms with Gasteiger partial charge in [0.15, 0.2) is 0 Å². The molecule has 0 aliphatic rings. The van der Waals surface area contributed by atoms with Crippen LogP contribution in [-0.4, -0.2) is 15.6 Å². The van der Waals surface area contributed by atoms with Crippen LogP contribution in [0.15, 0.2) is 18.3 Å². The van der Waals surface area contributed by atoms with Gasteiger partial charge in [-0.05, 0) is 19.1 Å². The van der Waals surface area contributed by atoms with Crippen molar-refractivity contribution in [2.24, 2.45) is 7.05 Å². The Kier molecular flexibility index (Phi) is 2.63. The van der Waals surface area contributed by atoms with Gasteiger partial charge in [0.25, 0.3) is 0 Å². The molecule has 0 saturated heterocycles. The Labute approximate surface area is 96.3 Å². The van der Waals surface area contributed by atoms with Crippen LogP contribution in [0.2, 0.25) is 4.34 Å². The smallest absolute Gasteiger partial charge is 0.206 e. The Balaban J connectivity index is 2.40. The van der Waals surface area contributed by atoms with E-state index in [9.17, 15) is 4.79 Å². The molecule has 0 fully saturated rings. The summed E-state index contributed by atoms with van der Waals surface area (Å²) in [4.78, 5) is 12.6. The molecule has 2 heterocycles. The summed E-state index contributed by atoms with van der Waals surface area (Å²) in [6.45, 7) is 1.82. The molecule has 0 atom stereocenters. The highest BCUT2D eigenvalue weighted by molar-refractivity contribution is 7.18. The van der Waals surface area contributed by atoms with Crippen LogP contribution in [-0.2, 0) is 7.05 Å². The molecule has 0 saturated carbocycles. The Morgan fingerprint density at radius 2 is 2.27 bits per heavy atom. The lowest BCUT2D eigenvalue weighted by Gasteiger charge is -1.93. The Morgan fingerprint density at radius 1 is 1.53 bits per heavy atom. The fraction of sp³-hybridized carbons (Fsp3) is 0.200. The fourth-order valence-electron chi connectivity index (χ4n) is 1.39. The molecule has 2 aromatic rings. The average Bonchev–Trinajstić information content (AvgIpc) is 2.71. The zero-order valence-corrected chi connectivity index (χ0v) is 9.89. The molecule has 0 spiro atoms. The van der Waals surface area contributed by atoms with Crippen LogP contribution in [0.4, 0.5) is 0 Å². The van der Waals surface area contributed by atoms with Crippen molar-refractivity contribution in [2.45, 2.75) is 6.92 Å². The highest BCUT2D eigenvalue weighted by Gasteiger charge is 2.16. The first-order chi connectivity index (χ1) is 7.08. The van der Waals surface area contributed by atoms with Crippen molar-refractivity contribution < 1.29 is 4.79 Å². The van der Waals surface area contributed by atoms with Crippen molar-refractivity contribution in [3.63, 3.8) is 0 Å². The predicted octanol–water partition coefficient (Wildman–Crippen LogP) is 2.67. The molecular formula is C10H9ClN2OS. The predicted molar refractivity (Wildman–Crippen MR) is 60.7 cm³/mol. The van der Waals surface area contributed by atoms with E-state index in [4.69, 9.17) is 11.6 Å². The van der Waals surface area contributed by atoms with E-state index in [1.165, 1.54) is 11.3 Å². The molecule has 0 radical (unpaired) electrons. The molecule has 5 heteroatoms. The van der Waals surface area contributed by atoms with Gasteiger partial charge in [-0.1, -0.05) is 11.6 Å². The van der Waals surface area contributed by atoms with Crippen molar-refractivity contribution in [1.82, 2.24) is 9.78 Å². The second-order valence-electron chi connectivity index (χ2n) is 3.23. The second kappa shape index (κ2) is 3.79. The molecule has 0 bridgehead atoms. The number of rotatable bonds is 2. The molecule has 0 N–H and O–H groups in total. The van der Waals surface area contributed by atoms with Crippen molar-refractivity contribution in [1.29, 1.82) is 0 Å². The van der Waals surface area contributed by atoms with E-state index in [-0.39, 0.29) is 5.78 Å². The van der Waals surface area contributed by atoms with Crippen molar-refractivity contribution in [3.05, 3.63) is 38.8 Å². The lowest BCUT2D eigenvalue weighted by molar-refractivity contribution is 0.104. The van der Waals surface area contributed by atoms with Gasteiger partial charge in [0.2, 0.25) is 5.78 Å². The van der Waals surface area contributed by atoms with Gasteiger partial charge in [-0.25, -0.2) is 0 Å². The Hall–Kier alpha value is -1.13. The minimum atomic E-state index is -0.0162. The van der Waals surface area contributed by atoms with Gasteiger partial charge in [-0.3, -0.25) is 9.48 Å². The highest BCUT2D eigenvalue weighted by atomic mass is 35.5. The number of carbonyl (C=O) groups excluding carboxylic acids is 1. The van der Waals surface area contributed by atoms with E-state index in [1.807, 2.05) is 6.92 Å². The molecule has 0 unspecified atom stereocenters. The average molecular weight is 241 g/mol. The van der Waals surface area contributed by atoms with Crippen LogP contribution in [0.1, 0.15) is 20.9 Å². The van der Waals surface area contributed by atoms with Crippen molar-refractivity contribution in [2.75, 3.05) is 0 Å². The van der Waals surface area contributed by atoms with E-state index >= 15 is 0 Å². The number of aromatic nitrogens is 2. The summed E-state index contributed by atoms with van der Waals surface area (Å²) >= 11 is 7.07. The van der Waals surface area contributed by atoms with Gasteiger partial charge >= 0.3 is 0 Å². The van der Waals surface area contributed by atoms with E-state index in [2.05, 4.69) is 5.10 Å². The molecular weight excluding hydrogens is 232 g/mol. The monoisotopic (exact) mass is 240 g/mol. The molecule has 15 heavy (non-hydrogen) atoms. The molecule has 2 rings (SSSR count). The van der Waals surface area contributed by atoms with Crippen LogP contribution in [0.5, 0.6) is 0 Å². The zero-order chi connectivity index (χ0) is 11.0. The largest absolute Gasteiger partial charge is 0.288 e. The normalized spacial score (nSPS) is 10.6. The second-order valence-corrected chi connectivity index (χ2v) is 4.95. The molecule has 0 aliphatic carbocycles. The van der Waals surface area contributed by atoms with Crippen LogP contribution < -0.4 is 0 Å². The first kappa shape index (κ1) is 10.4. The lowest BCUT2D eigenvalue weighted by atomic mass is 10.1. The summed E-state index contributed by atoms with van der Waals surface area (Å²) in [5, 5.41) is 4.13. The molecule has 0 aromatic carbocycles. The van der Waals surface area contributed by atoms with E-state index in [0.717, 1.165) is 5.69 Å². The number of ketones is 1. The van der Waals surface area contributed by atoms with Gasteiger partial charge in [-0.2, -0.15) is 5.10 Å². The van der Waals surface area contributed by atoms with E-state index < -0.39 is 0 Å². The maximum Gasteiger partial charge on any atom is 0.206 e. The van der Waals surface area contributed by atoms with Crippen molar-refractivity contribution in [3.8, 4) is 0 Å². The standard InChI is InChI=1S/C10H9ClN2OS/c1-6-7(5-13(2)12-6)10(14)8-3-4-9(11)15-8/h3-5H,1-2H3. The van der Waals surface area contributed by atoms with Gasteiger partial charge in [-0.15, -0.1) is 11.3 Å². The van der Waals surface area contributed by atoms with Crippen molar-refractivity contribution >= 4 is 28.7 Å². The maximum absolute atomic E-state index is 12.0. The minimum Gasteiger partial charge on any atom is -0.288 e. The fourth-order valence-corrected chi connectivity index (χ4v) is 2.39. The molecule has 3 nitrogen and oxygen atoms in total. The lowest BCUT2D eigenvalue weighted by Crippen LogP contribution is -1.98. The number of hydrogen-bond donors (Lipinski definition) is 0. The van der Waals surface area contributed by atoms with Crippen LogP contribution in [0, 0.1) is 6.92 Å². The highest BCUT2D eigenvalue weighted by Crippen LogP contribution is 2.24. The number of carbonyl (C=O) groups is 1. The van der Waals surface area contributed by atoms with Crippen LogP contribution >= 0.6 is 22.9 Å². The third-order valence-corrected chi connectivity index (χ3v) is 3.28. The first-order valence-electron chi connectivity index (χ1n) is 4.38. The van der Waals surface area contributed by atoms with Gasteiger partial charge in [0.05, 0.1) is 20.5 Å². The molecule has 0 amide bonds. The minimum absolute atomic E-state index is 0.0162. The van der Waals surface area contributed by atoms with Crippen LogP contribution in [0.25, 0.3) is 0 Å². The summed E-state index contributed by atoms with van der Waals surface area (Å²) < 4.78 is 2.26. The number of thiophene rings is 1. The SMILES string of the molecule is Cc1nn(C)cc1C(=O)c1ccc(Cl)s1. The van der Waals surface area contributed by atoms with E-state index in [1.54, 1.807) is 30.1 Å². The molecule has 2 aromatic heterocycles. The Bertz CT molecular complexity index is 515. The van der Waals surface area contributed by atoms with Gasteiger partial charge in [0.1, 0.15) is 0 Å². The summed E-state index contributed by atoms with van der Waals surface area (Å²) in [7, 11) is 1.80. The number of hydrogen-bond acceptors (Lipinski definition) is 3. The third-order valence-electron chi connectivity index (χ3n) is 2.06. The summed E-state index contributed by atoms with van der Waals surface area (Å²) in [6, 6.07) is 3.47. The quantitative estimate of drug-likeness (QED) is 0.757. The summed E-state index contributed by atoms with van der Waals surface area (Å²) in [5.41, 5.74) is 1.38. The van der Waals surface area contributed by atoms with Gasteiger partial charge in [0, 0.05) is 13.2 Å². The van der Waals surface area contributed by atoms with Gasteiger partial charge < -0.3 is 0 Å². The number of halogens is 1. The zero-order valence-electron chi connectivity index (χ0n) is 8.32.